The number of nitrogens with two attached hydrogens (primary N) is 3. The van der Waals surface area contributed by atoms with Gasteiger partial charge in [-0.3, -0.25) is 0 Å². The molecule has 1 aromatic carbocycles. The molecule has 8 N–H and O–H groups in total. The van der Waals surface area contributed by atoms with E-state index in [2.05, 4.69) is 17.2 Å². The molecular formula is C9H21N3O2. The SMILES string of the molecule is CN.CN.CN.Oc1cccc(O)c1. The van der Waals surface area contributed by atoms with Crippen molar-refractivity contribution in [2.45, 2.75) is 0 Å². The molecular weight excluding hydrogens is 182 g/mol. The molecule has 0 aromatic heterocycles. The van der Waals surface area contributed by atoms with Gasteiger partial charge in [-0.15, -0.1) is 0 Å². The Morgan fingerprint density at radius 3 is 1.21 bits per heavy atom. The quantitative estimate of drug-likeness (QED) is 0.401. The summed E-state index contributed by atoms with van der Waals surface area (Å²) in [6.07, 6.45) is 0. The van der Waals surface area contributed by atoms with Crippen LogP contribution in [0.25, 0.3) is 0 Å². The van der Waals surface area contributed by atoms with E-state index in [9.17, 15) is 0 Å². The van der Waals surface area contributed by atoms with Crippen LogP contribution in [0.15, 0.2) is 24.3 Å². The van der Waals surface area contributed by atoms with E-state index >= 15 is 0 Å². The van der Waals surface area contributed by atoms with Gasteiger partial charge in [0.25, 0.3) is 0 Å². The van der Waals surface area contributed by atoms with Crippen LogP contribution < -0.4 is 17.2 Å². The molecule has 1 rings (SSSR count). The van der Waals surface area contributed by atoms with E-state index in [0.29, 0.717) is 0 Å². The summed E-state index contributed by atoms with van der Waals surface area (Å²) in [7, 11) is 4.50. The molecule has 0 saturated carbocycles. The zero-order valence-corrected chi connectivity index (χ0v) is 8.94. The molecule has 0 atom stereocenters. The van der Waals surface area contributed by atoms with Crippen molar-refractivity contribution in [1.82, 2.24) is 0 Å². The number of hydrogen-bond donors (Lipinski definition) is 5. The van der Waals surface area contributed by atoms with Gasteiger partial charge in [0.05, 0.1) is 0 Å². The van der Waals surface area contributed by atoms with Gasteiger partial charge < -0.3 is 27.4 Å². The lowest BCUT2D eigenvalue weighted by Crippen LogP contribution is -1.69. The van der Waals surface area contributed by atoms with Crippen molar-refractivity contribution in [1.29, 1.82) is 0 Å². The molecule has 0 aliphatic heterocycles. The molecule has 0 radical (unpaired) electrons. The van der Waals surface area contributed by atoms with Crippen LogP contribution in [0.5, 0.6) is 11.5 Å². The van der Waals surface area contributed by atoms with Gasteiger partial charge in [0.2, 0.25) is 0 Å². The zero-order valence-electron chi connectivity index (χ0n) is 8.94. The Labute approximate surface area is 85.2 Å². The Hall–Kier alpha value is -1.30. The van der Waals surface area contributed by atoms with Gasteiger partial charge in [0.1, 0.15) is 11.5 Å². The monoisotopic (exact) mass is 203 g/mol. The van der Waals surface area contributed by atoms with Crippen molar-refractivity contribution in [2.75, 3.05) is 21.1 Å². The molecule has 0 bridgehead atoms. The van der Waals surface area contributed by atoms with Crippen molar-refractivity contribution in [3.8, 4) is 11.5 Å². The van der Waals surface area contributed by atoms with Crippen LogP contribution in [-0.2, 0) is 0 Å². The highest BCUT2D eigenvalue weighted by molar-refractivity contribution is 5.30. The van der Waals surface area contributed by atoms with Crippen molar-refractivity contribution < 1.29 is 10.2 Å². The molecule has 14 heavy (non-hydrogen) atoms. The summed E-state index contributed by atoms with van der Waals surface area (Å²) in [5.74, 6) is 0.176. The number of phenols is 2. The lowest BCUT2D eigenvalue weighted by Gasteiger charge is -1.89. The van der Waals surface area contributed by atoms with Crippen LogP contribution in [0.4, 0.5) is 0 Å². The van der Waals surface area contributed by atoms with Gasteiger partial charge in [-0.2, -0.15) is 0 Å². The largest absolute Gasteiger partial charge is 0.508 e. The fourth-order valence-corrected chi connectivity index (χ4v) is 0.493. The molecule has 0 amide bonds. The maximum absolute atomic E-state index is 8.65. The van der Waals surface area contributed by atoms with Gasteiger partial charge in [-0.05, 0) is 33.3 Å². The first-order chi connectivity index (χ1) is 6.79. The molecule has 0 spiro atoms. The van der Waals surface area contributed by atoms with Gasteiger partial charge in [0.15, 0.2) is 0 Å². The molecule has 0 aliphatic carbocycles. The first-order valence-electron chi connectivity index (χ1n) is 4.00. The predicted molar refractivity (Wildman–Crippen MR) is 60.1 cm³/mol. The van der Waals surface area contributed by atoms with E-state index in [1.165, 1.54) is 39.3 Å². The predicted octanol–water partition coefficient (Wildman–Crippen LogP) is -0.177. The summed E-state index contributed by atoms with van der Waals surface area (Å²) < 4.78 is 0. The Kier molecular flexibility index (Phi) is 23.4. The van der Waals surface area contributed by atoms with Gasteiger partial charge in [0, 0.05) is 6.07 Å². The smallest absolute Gasteiger partial charge is 0.119 e. The highest BCUT2D eigenvalue weighted by Gasteiger charge is 1.85. The number of rotatable bonds is 0. The van der Waals surface area contributed by atoms with E-state index in [1.807, 2.05) is 0 Å². The third kappa shape index (κ3) is 13.3. The van der Waals surface area contributed by atoms with E-state index < -0.39 is 0 Å². The summed E-state index contributed by atoms with van der Waals surface area (Å²) in [6, 6.07) is 5.85. The second-order valence-electron chi connectivity index (χ2n) is 1.52. The van der Waals surface area contributed by atoms with Crippen LogP contribution in [-0.4, -0.2) is 31.4 Å². The third-order valence-electron chi connectivity index (χ3n) is 0.830. The van der Waals surface area contributed by atoms with Gasteiger partial charge in [-0.25, -0.2) is 0 Å². The molecule has 1 aromatic rings. The minimum Gasteiger partial charge on any atom is -0.508 e. The lowest BCUT2D eigenvalue weighted by molar-refractivity contribution is 0.450. The van der Waals surface area contributed by atoms with Gasteiger partial charge >= 0.3 is 0 Å². The summed E-state index contributed by atoms with van der Waals surface area (Å²) in [6.45, 7) is 0. The highest BCUT2D eigenvalue weighted by Crippen LogP contribution is 2.14. The molecule has 5 heteroatoms. The summed E-state index contributed by atoms with van der Waals surface area (Å²) in [5, 5.41) is 17.3. The van der Waals surface area contributed by atoms with Crippen molar-refractivity contribution in [3.63, 3.8) is 0 Å². The van der Waals surface area contributed by atoms with Crippen molar-refractivity contribution >= 4 is 0 Å². The number of hydrogen-bond acceptors (Lipinski definition) is 5. The first-order valence-corrected chi connectivity index (χ1v) is 4.00. The Balaban J connectivity index is -0.000000174. The Morgan fingerprint density at radius 2 is 1.07 bits per heavy atom. The molecule has 84 valence electrons. The summed E-state index contributed by atoms with van der Waals surface area (Å²) >= 11 is 0. The van der Waals surface area contributed by atoms with E-state index in [0.717, 1.165) is 0 Å². The maximum Gasteiger partial charge on any atom is 0.119 e. The molecule has 0 aliphatic rings. The highest BCUT2D eigenvalue weighted by atomic mass is 16.3. The summed E-state index contributed by atoms with van der Waals surface area (Å²) in [4.78, 5) is 0. The molecule has 0 unspecified atom stereocenters. The number of benzene rings is 1. The Morgan fingerprint density at radius 1 is 0.786 bits per heavy atom. The normalized spacial score (nSPS) is 6.43. The minimum atomic E-state index is 0.0880. The van der Waals surface area contributed by atoms with Crippen LogP contribution >= 0.6 is 0 Å². The fraction of sp³-hybridized carbons (Fsp3) is 0.333. The fourth-order valence-electron chi connectivity index (χ4n) is 0.493. The van der Waals surface area contributed by atoms with Crippen LogP contribution in [0, 0.1) is 0 Å². The van der Waals surface area contributed by atoms with E-state index in [-0.39, 0.29) is 11.5 Å². The Bertz CT molecular complexity index is 178. The van der Waals surface area contributed by atoms with Crippen LogP contribution in [0.3, 0.4) is 0 Å². The first kappa shape index (κ1) is 18.5. The lowest BCUT2D eigenvalue weighted by atomic mass is 10.3. The molecule has 0 fully saturated rings. The second kappa shape index (κ2) is 17.7. The number of aromatic hydroxyl groups is 2. The molecule has 0 saturated heterocycles. The number of phenolic OH excluding ortho intramolecular Hbond substituents is 2. The standard InChI is InChI=1S/C6H6O2.3CH5N/c7-5-2-1-3-6(8)4-5;3*1-2/h1-4,7-8H;3*2H2,1H3. The second-order valence-corrected chi connectivity index (χ2v) is 1.52. The third-order valence-corrected chi connectivity index (χ3v) is 0.830. The molecule has 0 heterocycles. The van der Waals surface area contributed by atoms with Crippen LogP contribution in [0.2, 0.25) is 0 Å². The average molecular weight is 203 g/mol. The minimum absolute atomic E-state index is 0.0880. The average Bonchev–Trinajstić information content (AvgIpc) is 2.26. The topological polar surface area (TPSA) is 119 Å². The van der Waals surface area contributed by atoms with Crippen molar-refractivity contribution in [3.05, 3.63) is 24.3 Å². The molecule has 5 nitrogen and oxygen atoms in total. The van der Waals surface area contributed by atoms with Gasteiger partial charge in [-0.1, -0.05) is 6.07 Å². The maximum atomic E-state index is 8.65. The summed E-state index contributed by atoms with van der Waals surface area (Å²) in [5.41, 5.74) is 13.5. The van der Waals surface area contributed by atoms with Crippen molar-refractivity contribution in [2.24, 2.45) is 17.2 Å². The van der Waals surface area contributed by atoms with E-state index in [1.54, 1.807) is 6.07 Å². The van der Waals surface area contributed by atoms with E-state index in [4.69, 9.17) is 10.2 Å². The van der Waals surface area contributed by atoms with Crippen LogP contribution in [0.1, 0.15) is 0 Å². The zero-order chi connectivity index (χ0) is 12.0.